The van der Waals surface area contributed by atoms with E-state index in [1.807, 2.05) is 30.3 Å². The highest BCUT2D eigenvalue weighted by molar-refractivity contribution is 6.36. The van der Waals surface area contributed by atoms with Gasteiger partial charge in [0.2, 0.25) is 0 Å². The van der Waals surface area contributed by atoms with Crippen molar-refractivity contribution in [3.05, 3.63) is 52.5 Å². The zero-order chi connectivity index (χ0) is 15.1. The van der Waals surface area contributed by atoms with Gasteiger partial charge in [-0.25, -0.2) is 0 Å². The van der Waals surface area contributed by atoms with Gasteiger partial charge in [0.05, 0.1) is 5.69 Å². The topological polar surface area (TPSA) is 47.6 Å². The maximum atomic E-state index is 12.2. The summed E-state index contributed by atoms with van der Waals surface area (Å²) in [5, 5.41) is 3.42. The standard InChI is InChI=1S/C17H12ClNO3/c18-11-4-5-12-13(17(20)19-14(12)9-11)8-10-2-1-3-15-16(10)22-7-6-21-15/h1-5,8-9H,6-7H2,(H,19,20)/b13-8+. The summed E-state index contributed by atoms with van der Waals surface area (Å²) in [6.07, 6.45) is 1.82. The number of carbonyl (C=O) groups is 1. The van der Waals surface area contributed by atoms with Crippen LogP contribution in [0.25, 0.3) is 11.6 Å². The molecule has 1 amide bonds. The van der Waals surface area contributed by atoms with Crippen molar-refractivity contribution in [2.24, 2.45) is 0 Å². The third-order valence-electron chi connectivity index (χ3n) is 3.66. The lowest BCUT2D eigenvalue weighted by molar-refractivity contribution is -0.110. The number of hydrogen-bond acceptors (Lipinski definition) is 3. The number of fused-ring (bicyclic) bond motifs is 2. The molecule has 4 rings (SSSR count). The van der Waals surface area contributed by atoms with E-state index in [9.17, 15) is 4.79 Å². The van der Waals surface area contributed by atoms with E-state index in [0.29, 0.717) is 35.3 Å². The van der Waals surface area contributed by atoms with Crippen molar-refractivity contribution in [1.29, 1.82) is 0 Å². The van der Waals surface area contributed by atoms with Crippen LogP contribution >= 0.6 is 11.6 Å². The fourth-order valence-corrected chi connectivity index (χ4v) is 2.85. The van der Waals surface area contributed by atoms with Crippen molar-refractivity contribution in [3.8, 4) is 11.5 Å². The Balaban J connectivity index is 1.83. The number of halogens is 1. The Kier molecular flexibility index (Phi) is 3.05. The Morgan fingerprint density at radius 1 is 1.14 bits per heavy atom. The van der Waals surface area contributed by atoms with Crippen LogP contribution in [0.3, 0.4) is 0 Å². The first-order valence-electron chi connectivity index (χ1n) is 6.94. The highest BCUT2D eigenvalue weighted by Crippen LogP contribution is 2.39. The van der Waals surface area contributed by atoms with Gasteiger partial charge in [-0.2, -0.15) is 0 Å². The second kappa shape index (κ2) is 5.07. The maximum Gasteiger partial charge on any atom is 0.256 e. The highest BCUT2D eigenvalue weighted by Gasteiger charge is 2.25. The minimum atomic E-state index is -0.147. The van der Waals surface area contributed by atoms with Gasteiger partial charge in [0.1, 0.15) is 13.2 Å². The first-order chi connectivity index (χ1) is 10.7. The van der Waals surface area contributed by atoms with Crippen LogP contribution in [-0.2, 0) is 4.79 Å². The van der Waals surface area contributed by atoms with E-state index in [1.165, 1.54) is 0 Å². The first-order valence-corrected chi connectivity index (χ1v) is 7.32. The molecule has 2 aromatic rings. The van der Waals surface area contributed by atoms with Crippen LogP contribution in [0.2, 0.25) is 5.02 Å². The molecule has 2 aromatic carbocycles. The Hall–Kier alpha value is -2.46. The number of ether oxygens (including phenoxy) is 2. The summed E-state index contributed by atoms with van der Waals surface area (Å²) in [5.41, 5.74) is 2.98. The number of rotatable bonds is 1. The van der Waals surface area contributed by atoms with Gasteiger partial charge < -0.3 is 14.8 Å². The molecule has 110 valence electrons. The molecule has 2 heterocycles. The second-order valence-corrected chi connectivity index (χ2v) is 5.51. The number of amides is 1. The van der Waals surface area contributed by atoms with Gasteiger partial charge in [-0.05, 0) is 24.3 Å². The number of carbonyl (C=O) groups excluding carboxylic acids is 1. The molecule has 0 fully saturated rings. The Labute approximate surface area is 132 Å². The molecule has 0 spiro atoms. The molecule has 0 bridgehead atoms. The van der Waals surface area contributed by atoms with Gasteiger partial charge in [-0.15, -0.1) is 0 Å². The monoisotopic (exact) mass is 313 g/mol. The SMILES string of the molecule is O=C1Nc2cc(Cl)ccc2/C1=C\c1cccc2c1OCCO2. The van der Waals surface area contributed by atoms with E-state index in [1.54, 1.807) is 12.1 Å². The average Bonchev–Trinajstić information content (AvgIpc) is 2.83. The smallest absolute Gasteiger partial charge is 0.256 e. The molecule has 1 N–H and O–H groups in total. The average molecular weight is 314 g/mol. The molecular formula is C17H12ClNO3. The molecule has 0 aromatic heterocycles. The maximum absolute atomic E-state index is 12.2. The van der Waals surface area contributed by atoms with E-state index < -0.39 is 0 Å². The lowest BCUT2D eigenvalue weighted by Crippen LogP contribution is -2.16. The largest absolute Gasteiger partial charge is 0.486 e. The van der Waals surface area contributed by atoms with Gasteiger partial charge in [-0.1, -0.05) is 29.8 Å². The molecular weight excluding hydrogens is 302 g/mol. The molecule has 5 heteroatoms. The number of para-hydroxylation sites is 1. The molecule has 22 heavy (non-hydrogen) atoms. The molecule has 2 aliphatic rings. The normalized spacial score (nSPS) is 17.3. The van der Waals surface area contributed by atoms with Crippen molar-refractivity contribution < 1.29 is 14.3 Å². The number of hydrogen-bond donors (Lipinski definition) is 1. The van der Waals surface area contributed by atoms with Crippen LogP contribution in [0.5, 0.6) is 11.5 Å². The Morgan fingerprint density at radius 2 is 2.00 bits per heavy atom. The number of nitrogens with one attached hydrogen (secondary N) is 1. The minimum Gasteiger partial charge on any atom is -0.486 e. The van der Waals surface area contributed by atoms with Gasteiger partial charge >= 0.3 is 0 Å². The van der Waals surface area contributed by atoms with Gasteiger partial charge in [0.25, 0.3) is 5.91 Å². The number of benzene rings is 2. The van der Waals surface area contributed by atoms with E-state index in [0.717, 1.165) is 16.8 Å². The fourth-order valence-electron chi connectivity index (χ4n) is 2.68. The summed E-state index contributed by atoms with van der Waals surface area (Å²) >= 11 is 5.97. The lowest BCUT2D eigenvalue weighted by Gasteiger charge is -2.20. The van der Waals surface area contributed by atoms with Crippen molar-refractivity contribution in [1.82, 2.24) is 0 Å². The van der Waals surface area contributed by atoms with Crippen LogP contribution < -0.4 is 14.8 Å². The van der Waals surface area contributed by atoms with Crippen LogP contribution in [0.4, 0.5) is 5.69 Å². The lowest BCUT2D eigenvalue weighted by atomic mass is 10.0. The predicted molar refractivity (Wildman–Crippen MR) is 85.4 cm³/mol. The minimum absolute atomic E-state index is 0.147. The molecule has 0 saturated carbocycles. The number of anilines is 1. The van der Waals surface area contributed by atoms with Crippen molar-refractivity contribution in [2.75, 3.05) is 18.5 Å². The Bertz CT molecular complexity index is 814. The van der Waals surface area contributed by atoms with Crippen molar-refractivity contribution in [3.63, 3.8) is 0 Å². The van der Waals surface area contributed by atoms with Gasteiger partial charge in [0, 0.05) is 21.7 Å². The molecule has 0 unspecified atom stereocenters. The molecule has 4 nitrogen and oxygen atoms in total. The molecule has 0 aliphatic carbocycles. The van der Waals surface area contributed by atoms with Crippen LogP contribution in [0, 0.1) is 0 Å². The third-order valence-corrected chi connectivity index (χ3v) is 3.90. The zero-order valence-electron chi connectivity index (χ0n) is 11.6. The van der Waals surface area contributed by atoms with Crippen LogP contribution in [0.15, 0.2) is 36.4 Å². The summed E-state index contributed by atoms with van der Waals surface area (Å²) in [6, 6.07) is 11.0. The molecule has 2 aliphatic heterocycles. The third kappa shape index (κ3) is 2.12. The van der Waals surface area contributed by atoms with Gasteiger partial charge in [0.15, 0.2) is 11.5 Å². The molecule has 0 atom stereocenters. The molecule has 0 radical (unpaired) electrons. The van der Waals surface area contributed by atoms with Crippen LogP contribution in [0.1, 0.15) is 11.1 Å². The van der Waals surface area contributed by atoms with E-state index in [4.69, 9.17) is 21.1 Å². The second-order valence-electron chi connectivity index (χ2n) is 5.07. The zero-order valence-corrected chi connectivity index (χ0v) is 12.3. The predicted octanol–water partition coefficient (Wildman–Crippen LogP) is 3.60. The quantitative estimate of drug-likeness (QED) is 0.818. The van der Waals surface area contributed by atoms with Gasteiger partial charge in [-0.3, -0.25) is 4.79 Å². The fraction of sp³-hybridized carbons (Fsp3) is 0.118. The van der Waals surface area contributed by atoms with E-state index in [-0.39, 0.29) is 5.91 Å². The molecule has 0 saturated heterocycles. The van der Waals surface area contributed by atoms with E-state index in [2.05, 4.69) is 5.32 Å². The summed E-state index contributed by atoms with van der Waals surface area (Å²) in [5.74, 6) is 1.23. The van der Waals surface area contributed by atoms with Crippen molar-refractivity contribution in [2.45, 2.75) is 0 Å². The summed E-state index contributed by atoms with van der Waals surface area (Å²) in [6.45, 7) is 1.04. The van der Waals surface area contributed by atoms with Crippen molar-refractivity contribution >= 4 is 34.8 Å². The Morgan fingerprint density at radius 3 is 2.91 bits per heavy atom. The highest BCUT2D eigenvalue weighted by atomic mass is 35.5. The first kappa shape index (κ1) is 13.2. The summed E-state index contributed by atoms with van der Waals surface area (Å²) < 4.78 is 11.3. The summed E-state index contributed by atoms with van der Waals surface area (Å²) in [7, 11) is 0. The summed E-state index contributed by atoms with van der Waals surface area (Å²) in [4.78, 5) is 12.2. The van der Waals surface area contributed by atoms with E-state index >= 15 is 0 Å². The van der Waals surface area contributed by atoms with Crippen LogP contribution in [-0.4, -0.2) is 19.1 Å².